The molecule has 1 aliphatic carbocycles. The molecule has 1 amide bonds. The highest BCUT2D eigenvalue weighted by Gasteiger charge is 2.53. The van der Waals surface area contributed by atoms with E-state index >= 15 is 0 Å². The van der Waals surface area contributed by atoms with Crippen LogP contribution in [0.2, 0.25) is 0 Å². The van der Waals surface area contributed by atoms with Crippen LogP contribution in [0.3, 0.4) is 0 Å². The lowest BCUT2D eigenvalue weighted by molar-refractivity contribution is -0.134. The normalized spacial score (nSPS) is 21.2. The van der Waals surface area contributed by atoms with Crippen LogP contribution in [0.1, 0.15) is 31.2 Å². The summed E-state index contributed by atoms with van der Waals surface area (Å²) in [4.78, 5) is 13.4. The van der Waals surface area contributed by atoms with E-state index in [0.717, 1.165) is 23.3 Å². The van der Waals surface area contributed by atoms with Crippen molar-refractivity contribution in [3.63, 3.8) is 0 Å². The summed E-state index contributed by atoms with van der Waals surface area (Å²) < 4.78 is 38.0. The molecule has 0 aromatic heterocycles. The largest absolute Gasteiger partial charge is 0.406 e. The Morgan fingerprint density at radius 3 is 2.42 bits per heavy atom. The minimum atomic E-state index is -4.37. The number of nitrogens with zero attached hydrogens (tertiary/aromatic N) is 1. The Hall–Kier alpha value is -1.52. The molecule has 5 heteroatoms. The molecule has 0 bridgehead atoms. The van der Waals surface area contributed by atoms with E-state index < -0.39 is 18.1 Å². The molecular weight excluding hydrogens is 255 g/mol. The second kappa shape index (κ2) is 3.99. The zero-order valence-corrected chi connectivity index (χ0v) is 10.3. The van der Waals surface area contributed by atoms with Crippen molar-refractivity contribution >= 4 is 11.6 Å². The summed E-state index contributed by atoms with van der Waals surface area (Å²) in [6.07, 6.45) is -1.23. The van der Waals surface area contributed by atoms with Crippen LogP contribution in [0.4, 0.5) is 18.9 Å². The van der Waals surface area contributed by atoms with Crippen LogP contribution in [0.5, 0.6) is 0 Å². The molecule has 19 heavy (non-hydrogen) atoms. The van der Waals surface area contributed by atoms with Gasteiger partial charge in [0.2, 0.25) is 5.91 Å². The minimum Gasteiger partial charge on any atom is -0.302 e. The quantitative estimate of drug-likeness (QED) is 0.765. The van der Waals surface area contributed by atoms with Crippen LogP contribution in [-0.2, 0) is 10.2 Å². The molecule has 1 spiro atoms. The second-order valence-corrected chi connectivity index (χ2v) is 5.31. The second-order valence-electron chi connectivity index (χ2n) is 5.31. The number of fused-ring (bicyclic) bond motifs is 2. The smallest absolute Gasteiger partial charge is 0.302 e. The molecular formula is C14H14F3NO. The van der Waals surface area contributed by atoms with Gasteiger partial charge >= 0.3 is 6.18 Å². The van der Waals surface area contributed by atoms with Gasteiger partial charge in [0.15, 0.2) is 0 Å². The van der Waals surface area contributed by atoms with Crippen molar-refractivity contribution in [3.8, 4) is 0 Å². The van der Waals surface area contributed by atoms with Crippen LogP contribution in [0, 0.1) is 0 Å². The number of anilines is 1. The average molecular weight is 269 g/mol. The van der Waals surface area contributed by atoms with Gasteiger partial charge < -0.3 is 4.90 Å². The first-order chi connectivity index (χ1) is 8.94. The molecule has 0 unspecified atom stereocenters. The molecule has 1 aliphatic heterocycles. The Morgan fingerprint density at radius 1 is 1.16 bits per heavy atom. The van der Waals surface area contributed by atoms with Gasteiger partial charge in [-0.3, -0.25) is 4.79 Å². The average Bonchev–Trinajstić information content (AvgIpc) is 2.91. The topological polar surface area (TPSA) is 20.3 Å². The number of benzene rings is 1. The first kappa shape index (κ1) is 12.5. The third-order valence-electron chi connectivity index (χ3n) is 4.16. The molecule has 0 radical (unpaired) electrons. The fourth-order valence-corrected chi connectivity index (χ4v) is 3.39. The summed E-state index contributed by atoms with van der Waals surface area (Å²) >= 11 is 0. The summed E-state index contributed by atoms with van der Waals surface area (Å²) in [6.45, 7) is -1.19. The number of rotatable bonds is 1. The maximum absolute atomic E-state index is 12.7. The van der Waals surface area contributed by atoms with Gasteiger partial charge in [-0.25, -0.2) is 0 Å². The van der Waals surface area contributed by atoms with E-state index in [2.05, 4.69) is 0 Å². The highest BCUT2D eigenvalue weighted by molar-refractivity contribution is 6.08. The number of para-hydroxylation sites is 1. The molecule has 2 nitrogen and oxygen atoms in total. The van der Waals surface area contributed by atoms with Crippen molar-refractivity contribution in [1.29, 1.82) is 0 Å². The zero-order valence-electron chi connectivity index (χ0n) is 10.3. The maximum atomic E-state index is 12.7. The highest BCUT2D eigenvalue weighted by Crippen LogP contribution is 2.51. The van der Waals surface area contributed by atoms with E-state index in [1.165, 1.54) is 0 Å². The lowest BCUT2D eigenvalue weighted by atomic mass is 9.80. The Labute approximate surface area is 109 Å². The van der Waals surface area contributed by atoms with Gasteiger partial charge in [-0.1, -0.05) is 31.0 Å². The molecule has 1 aromatic rings. The van der Waals surface area contributed by atoms with E-state index in [4.69, 9.17) is 0 Å². The molecule has 3 rings (SSSR count). The lowest BCUT2D eigenvalue weighted by Crippen LogP contribution is -2.43. The highest BCUT2D eigenvalue weighted by atomic mass is 19.4. The molecule has 1 heterocycles. The molecule has 1 aromatic carbocycles. The standard InChI is InChI=1S/C14H14F3NO/c15-14(16,17)9-18-11-6-2-1-5-10(11)13(12(18)19)7-3-4-8-13/h1-2,5-6H,3-4,7-9H2. The van der Waals surface area contributed by atoms with Gasteiger partial charge in [-0.05, 0) is 24.5 Å². The third kappa shape index (κ3) is 1.83. The van der Waals surface area contributed by atoms with E-state index in [1.807, 2.05) is 0 Å². The summed E-state index contributed by atoms with van der Waals surface area (Å²) in [7, 11) is 0. The van der Waals surface area contributed by atoms with Gasteiger partial charge in [0.05, 0.1) is 5.41 Å². The van der Waals surface area contributed by atoms with Crippen molar-refractivity contribution in [3.05, 3.63) is 29.8 Å². The number of hydrogen-bond acceptors (Lipinski definition) is 1. The summed E-state index contributed by atoms with van der Waals surface area (Å²) in [5.41, 5.74) is 0.524. The molecule has 0 N–H and O–H groups in total. The van der Waals surface area contributed by atoms with Crippen molar-refractivity contribution in [2.75, 3.05) is 11.4 Å². The maximum Gasteiger partial charge on any atom is 0.406 e. The predicted molar refractivity (Wildman–Crippen MR) is 65.0 cm³/mol. The van der Waals surface area contributed by atoms with Crippen LogP contribution in [0.25, 0.3) is 0 Å². The molecule has 102 valence electrons. The van der Waals surface area contributed by atoms with E-state index in [0.29, 0.717) is 18.5 Å². The van der Waals surface area contributed by atoms with Crippen LogP contribution in [-0.4, -0.2) is 18.6 Å². The van der Waals surface area contributed by atoms with Crippen LogP contribution < -0.4 is 4.90 Å². The summed E-state index contributed by atoms with van der Waals surface area (Å²) in [5, 5.41) is 0. The number of halogens is 3. The van der Waals surface area contributed by atoms with Gasteiger partial charge in [0, 0.05) is 5.69 Å². The van der Waals surface area contributed by atoms with E-state index in [-0.39, 0.29) is 5.91 Å². The van der Waals surface area contributed by atoms with Gasteiger partial charge in [-0.15, -0.1) is 0 Å². The molecule has 2 aliphatic rings. The Kier molecular flexibility index (Phi) is 2.62. The number of amides is 1. The van der Waals surface area contributed by atoms with Crippen LogP contribution >= 0.6 is 0 Å². The fraction of sp³-hybridized carbons (Fsp3) is 0.500. The summed E-state index contributed by atoms with van der Waals surface area (Å²) in [6, 6.07) is 6.90. The van der Waals surface area contributed by atoms with Crippen molar-refractivity contribution < 1.29 is 18.0 Å². The van der Waals surface area contributed by atoms with Gasteiger partial charge in [0.25, 0.3) is 0 Å². The Balaban J connectivity index is 2.07. The lowest BCUT2D eigenvalue weighted by Gasteiger charge is -2.24. The first-order valence-corrected chi connectivity index (χ1v) is 6.42. The van der Waals surface area contributed by atoms with Gasteiger partial charge in [0.1, 0.15) is 6.54 Å². The van der Waals surface area contributed by atoms with Crippen molar-refractivity contribution in [1.82, 2.24) is 0 Å². The summed E-state index contributed by atoms with van der Waals surface area (Å²) in [5.74, 6) is -0.372. The predicted octanol–water partition coefficient (Wildman–Crippen LogP) is 3.41. The zero-order chi connectivity index (χ0) is 13.7. The molecule has 1 saturated carbocycles. The minimum absolute atomic E-state index is 0.372. The molecule has 0 saturated heterocycles. The third-order valence-corrected chi connectivity index (χ3v) is 4.16. The SMILES string of the molecule is O=C1N(CC(F)(F)F)c2ccccc2C12CCCC2. The molecule has 0 atom stereocenters. The monoisotopic (exact) mass is 269 g/mol. The first-order valence-electron chi connectivity index (χ1n) is 6.42. The fourth-order valence-electron chi connectivity index (χ4n) is 3.39. The van der Waals surface area contributed by atoms with Gasteiger partial charge in [-0.2, -0.15) is 13.2 Å². The molecule has 1 fully saturated rings. The van der Waals surface area contributed by atoms with E-state index in [9.17, 15) is 18.0 Å². The Bertz CT molecular complexity index is 518. The number of alkyl halides is 3. The number of carbonyl (C=O) groups excluding carboxylic acids is 1. The van der Waals surface area contributed by atoms with Crippen molar-refractivity contribution in [2.24, 2.45) is 0 Å². The Morgan fingerprint density at radius 2 is 1.79 bits per heavy atom. The van der Waals surface area contributed by atoms with Crippen LogP contribution in [0.15, 0.2) is 24.3 Å². The number of hydrogen-bond donors (Lipinski definition) is 0. The van der Waals surface area contributed by atoms with Crippen molar-refractivity contribution in [2.45, 2.75) is 37.3 Å². The van der Waals surface area contributed by atoms with E-state index in [1.54, 1.807) is 24.3 Å². The number of carbonyl (C=O) groups is 1.